The molecule has 2 N–H and O–H groups in total. The lowest BCUT2D eigenvalue weighted by molar-refractivity contribution is -0.135. The van der Waals surface area contributed by atoms with Crippen molar-refractivity contribution >= 4 is 50.1 Å². The molecule has 4 aromatic rings. The number of carbonyl (C=O) groups excluding carboxylic acids is 2. The number of nitrogen functional groups attached to an aromatic ring is 1. The zero-order valence-electron chi connectivity index (χ0n) is 20.1. The molecule has 9 nitrogen and oxygen atoms in total. The van der Waals surface area contributed by atoms with E-state index in [-0.39, 0.29) is 32.7 Å². The lowest BCUT2D eigenvalue weighted by Gasteiger charge is -2.23. The van der Waals surface area contributed by atoms with Crippen LogP contribution in [0.5, 0.6) is 0 Å². The van der Waals surface area contributed by atoms with Crippen LogP contribution in [0, 0.1) is 0 Å². The lowest BCUT2D eigenvalue weighted by atomic mass is 10.2. The second-order valence-electron chi connectivity index (χ2n) is 8.24. The average Bonchev–Trinajstić information content (AvgIpc) is 3.23. The number of fused-ring (bicyclic) bond motifs is 1. The summed E-state index contributed by atoms with van der Waals surface area (Å²) in [5, 5.41) is -1.09. The van der Waals surface area contributed by atoms with Gasteiger partial charge in [0.1, 0.15) is 10.2 Å². The topological polar surface area (TPSA) is 134 Å². The van der Waals surface area contributed by atoms with Crippen LogP contribution in [0.4, 0.5) is 5.69 Å². The molecule has 0 fully saturated rings. The van der Waals surface area contributed by atoms with Gasteiger partial charge in [-0.3, -0.25) is 19.3 Å². The van der Waals surface area contributed by atoms with Crippen molar-refractivity contribution in [3.63, 3.8) is 0 Å². The molecule has 0 amide bonds. The van der Waals surface area contributed by atoms with E-state index in [4.69, 9.17) is 10.5 Å². The molecular formula is C27H22N4O5S2. The van der Waals surface area contributed by atoms with Gasteiger partial charge in [-0.05, 0) is 48.4 Å². The van der Waals surface area contributed by atoms with E-state index < -0.39 is 32.0 Å². The third kappa shape index (κ3) is 4.39. The number of carbonyl (C=O) groups is 2. The number of benzene rings is 1. The summed E-state index contributed by atoms with van der Waals surface area (Å²) in [7, 11) is -4.29. The van der Waals surface area contributed by atoms with Gasteiger partial charge < -0.3 is 10.5 Å². The first-order valence-electron chi connectivity index (χ1n) is 11.6. The number of thioether (sulfide) groups is 1. The SMILES string of the molecule is CCOC(=O)C1=c2/c(=C/c3cccnc3)c(N)c(S(=O)(=O)c3ccccc3)n2C(=O)[C@H](c2cccnc2)S1. The Balaban J connectivity index is 1.93. The molecule has 1 aliphatic heterocycles. The summed E-state index contributed by atoms with van der Waals surface area (Å²) in [5.41, 5.74) is 7.50. The Bertz CT molecular complexity index is 1750. The molecule has 1 aromatic carbocycles. The number of ether oxygens (including phenoxy) is 1. The van der Waals surface area contributed by atoms with E-state index >= 15 is 0 Å². The van der Waals surface area contributed by atoms with E-state index in [2.05, 4.69) is 9.97 Å². The van der Waals surface area contributed by atoms with Crippen molar-refractivity contribution in [3.05, 3.63) is 101 Å². The molecular weight excluding hydrogens is 524 g/mol. The third-order valence-corrected chi connectivity index (χ3v) is 8.96. The van der Waals surface area contributed by atoms with Crippen LogP contribution in [0.2, 0.25) is 0 Å². The summed E-state index contributed by atoms with van der Waals surface area (Å²) < 4.78 is 34.3. The molecule has 0 saturated carbocycles. The van der Waals surface area contributed by atoms with E-state index in [1.807, 2.05) is 0 Å². The molecule has 0 bridgehead atoms. The first-order chi connectivity index (χ1) is 18.3. The molecule has 5 rings (SSSR count). The minimum Gasteiger partial charge on any atom is -0.462 e. The normalized spacial score (nSPS) is 15.8. The van der Waals surface area contributed by atoms with Gasteiger partial charge in [-0.25, -0.2) is 13.2 Å². The van der Waals surface area contributed by atoms with Crippen LogP contribution >= 0.6 is 11.8 Å². The Morgan fingerprint density at radius 2 is 1.79 bits per heavy atom. The van der Waals surface area contributed by atoms with E-state index in [9.17, 15) is 18.0 Å². The van der Waals surface area contributed by atoms with Gasteiger partial charge in [-0.2, -0.15) is 0 Å². The smallest absolute Gasteiger partial charge is 0.346 e. The van der Waals surface area contributed by atoms with Crippen LogP contribution < -0.4 is 16.3 Å². The van der Waals surface area contributed by atoms with Crippen LogP contribution in [-0.2, 0) is 19.4 Å². The predicted octanol–water partition coefficient (Wildman–Crippen LogP) is 2.32. The first-order valence-corrected chi connectivity index (χ1v) is 13.9. The molecule has 11 heteroatoms. The van der Waals surface area contributed by atoms with Crippen molar-refractivity contribution in [1.82, 2.24) is 14.5 Å². The number of esters is 1. The fourth-order valence-corrected chi connectivity index (χ4v) is 6.94. The van der Waals surface area contributed by atoms with Crippen molar-refractivity contribution in [2.75, 3.05) is 12.3 Å². The zero-order valence-corrected chi connectivity index (χ0v) is 21.8. The second kappa shape index (κ2) is 10.3. The Morgan fingerprint density at radius 1 is 1.08 bits per heavy atom. The summed E-state index contributed by atoms with van der Waals surface area (Å²) in [6.45, 7) is 1.75. The number of pyridine rings is 2. The van der Waals surface area contributed by atoms with Crippen LogP contribution in [0.15, 0.2) is 89.3 Å². The zero-order chi connectivity index (χ0) is 26.9. The summed E-state index contributed by atoms with van der Waals surface area (Å²) in [4.78, 5) is 35.5. The minimum atomic E-state index is -4.29. The maximum atomic E-state index is 14.1. The first kappa shape index (κ1) is 25.4. The van der Waals surface area contributed by atoms with Crippen LogP contribution in [0.3, 0.4) is 0 Å². The molecule has 0 radical (unpaired) electrons. The molecule has 4 heterocycles. The second-order valence-corrected chi connectivity index (χ2v) is 11.2. The predicted molar refractivity (Wildman–Crippen MR) is 143 cm³/mol. The maximum absolute atomic E-state index is 14.1. The Morgan fingerprint density at radius 3 is 2.42 bits per heavy atom. The maximum Gasteiger partial charge on any atom is 0.346 e. The molecule has 38 heavy (non-hydrogen) atoms. The van der Waals surface area contributed by atoms with Gasteiger partial charge in [0.15, 0.2) is 5.03 Å². The summed E-state index contributed by atoms with van der Waals surface area (Å²) in [6, 6.07) is 14.5. The van der Waals surface area contributed by atoms with Gasteiger partial charge in [-0.1, -0.05) is 42.1 Å². The largest absolute Gasteiger partial charge is 0.462 e. The number of hydrogen-bond donors (Lipinski definition) is 1. The Hall–Kier alpha value is -4.22. The number of hydrogen-bond acceptors (Lipinski definition) is 9. The van der Waals surface area contributed by atoms with Gasteiger partial charge in [0.25, 0.3) is 0 Å². The molecule has 192 valence electrons. The highest BCUT2D eigenvalue weighted by Crippen LogP contribution is 2.40. The van der Waals surface area contributed by atoms with Crippen molar-refractivity contribution < 1.29 is 22.7 Å². The molecule has 0 saturated heterocycles. The molecule has 1 aliphatic rings. The van der Waals surface area contributed by atoms with Crippen LogP contribution in [0.1, 0.15) is 28.1 Å². The fourth-order valence-electron chi connectivity index (χ4n) is 4.19. The van der Waals surface area contributed by atoms with Gasteiger partial charge >= 0.3 is 5.97 Å². The average molecular weight is 547 g/mol. The lowest BCUT2D eigenvalue weighted by Crippen LogP contribution is -2.42. The summed E-state index contributed by atoms with van der Waals surface area (Å²) >= 11 is 0.982. The Kier molecular flexibility index (Phi) is 6.87. The van der Waals surface area contributed by atoms with Crippen LogP contribution in [0.25, 0.3) is 11.0 Å². The van der Waals surface area contributed by atoms with Gasteiger partial charge in [0.2, 0.25) is 15.7 Å². The highest BCUT2D eigenvalue weighted by atomic mass is 32.2. The Labute approximate surface area is 222 Å². The molecule has 0 spiro atoms. The van der Waals surface area contributed by atoms with Crippen molar-refractivity contribution in [2.45, 2.75) is 22.1 Å². The monoisotopic (exact) mass is 546 g/mol. The molecule has 0 unspecified atom stereocenters. The van der Waals surface area contributed by atoms with Gasteiger partial charge in [0, 0.05) is 30.0 Å². The molecule has 0 aliphatic carbocycles. The standard InChI is InChI=1S/C27H22N4O5S2/c1-2-36-27(33)24-22-20(14-17-8-6-12-29-15-17)21(28)26(38(34,35)19-10-4-3-5-11-19)31(22)25(32)23(37-24)18-9-7-13-30-16-18/h3-16,23H,2,28H2,1H3/b20-14+/t23-/m0/s1. The highest BCUT2D eigenvalue weighted by Gasteiger charge is 2.40. The number of rotatable bonds is 6. The summed E-state index contributed by atoms with van der Waals surface area (Å²) in [6.07, 6.45) is 7.83. The third-order valence-electron chi connectivity index (χ3n) is 5.85. The van der Waals surface area contributed by atoms with E-state index in [1.54, 1.807) is 74.1 Å². The van der Waals surface area contributed by atoms with E-state index in [1.165, 1.54) is 18.3 Å². The number of anilines is 1. The van der Waals surface area contributed by atoms with Crippen molar-refractivity contribution in [1.29, 1.82) is 0 Å². The van der Waals surface area contributed by atoms with E-state index in [0.717, 1.165) is 16.3 Å². The number of nitrogens with zero attached hydrogens (tertiary/aromatic N) is 3. The number of aromatic nitrogens is 3. The number of sulfone groups is 1. The fraction of sp³-hybridized carbons (Fsp3) is 0.111. The molecule has 1 atom stereocenters. The van der Waals surface area contributed by atoms with Gasteiger partial charge in [-0.15, -0.1) is 0 Å². The van der Waals surface area contributed by atoms with Crippen molar-refractivity contribution in [2.24, 2.45) is 0 Å². The number of nitrogens with two attached hydrogens (primary N) is 1. The van der Waals surface area contributed by atoms with Crippen molar-refractivity contribution in [3.8, 4) is 0 Å². The molecule has 3 aromatic heterocycles. The highest BCUT2D eigenvalue weighted by molar-refractivity contribution is 8.10. The summed E-state index contributed by atoms with van der Waals surface area (Å²) in [5.74, 6) is -1.26. The van der Waals surface area contributed by atoms with E-state index in [0.29, 0.717) is 11.1 Å². The minimum absolute atomic E-state index is 0.0402. The van der Waals surface area contributed by atoms with Crippen LogP contribution in [-0.4, -0.2) is 41.4 Å². The quantitative estimate of drug-likeness (QED) is 0.362. The van der Waals surface area contributed by atoms with Gasteiger partial charge in [0.05, 0.1) is 22.5 Å².